The minimum atomic E-state index is -5.15. The molecule has 7 nitrogen and oxygen atoms in total. The fraction of sp³-hybridized carbons (Fsp3) is 0.333. The van der Waals surface area contributed by atoms with Crippen LogP contribution in [0.1, 0.15) is 20.7 Å². The zero-order valence-electron chi connectivity index (χ0n) is 12.8. The molecule has 0 heterocycles. The van der Waals surface area contributed by atoms with Crippen LogP contribution in [-0.4, -0.2) is 49.9 Å². The number of esters is 1. The quantitative estimate of drug-likeness (QED) is 0.155. The van der Waals surface area contributed by atoms with Crippen LogP contribution in [0.15, 0.2) is 0 Å². The van der Waals surface area contributed by atoms with Gasteiger partial charge in [0, 0.05) is 14.3 Å². The lowest BCUT2D eigenvalue weighted by Crippen LogP contribution is -2.50. The average molecular weight is 859 g/mol. The van der Waals surface area contributed by atoms with Crippen LogP contribution in [-0.2, 0) is 14.9 Å². The predicted octanol–water partition coefficient (Wildman–Crippen LogP) is 3.44. The third-order valence-electron chi connectivity index (χ3n) is 2.96. The van der Waals surface area contributed by atoms with E-state index < -0.39 is 40.0 Å². The Morgan fingerprint density at radius 1 is 1.07 bits per heavy atom. The third kappa shape index (κ3) is 6.64. The molecule has 0 radical (unpaired) electrons. The van der Waals surface area contributed by atoms with E-state index in [4.69, 9.17) is 4.55 Å². The molecule has 0 aliphatic rings. The average Bonchev–Trinajstić information content (AvgIpc) is 2.52. The number of carbonyl (C=O) groups excluding carboxylic acids is 2. The van der Waals surface area contributed by atoms with Crippen molar-refractivity contribution in [1.29, 1.82) is 0 Å². The summed E-state index contributed by atoms with van der Waals surface area (Å²) in [6.45, 7) is 0. The molecule has 0 saturated carbocycles. The number of amides is 1. The van der Waals surface area contributed by atoms with E-state index in [9.17, 15) is 31.2 Å². The molecule has 2 N–H and O–H groups in total. The number of methoxy groups -OCH3 is 1. The molecule has 15 heteroatoms. The minimum absolute atomic E-state index is 0.198. The van der Waals surface area contributed by atoms with Crippen LogP contribution in [0.5, 0.6) is 0 Å². The smallest absolute Gasteiger partial charge is 0.409 e. The van der Waals surface area contributed by atoms with Gasteiger partial charge in [-0.15, -0.1) is 0 Å². The van der Waals surface area contributed by atoms with E-state index in [2.05, 4.69) is 4.74 Å². The van der Waals surface area contributed by atoms with Gasteiger partial charge in [0.05, 0.1) is 18.2 Å². The van der Waals surface area contributed by atoms with E-state index in [0.29, 0.717) is 10.7 Å². The molecule has 0 saturated heterocycles. The van der Waals surface area contributed by atoms with Crippen LogP contribution in [0.2, 0.25) is 0 Å². The summed E-state index contributed by atoms with van der Waals surface area (Å²) >= 11 is 7.24. The molecule has 0 aromatic heterocycles. The normalized spacial score (nSPS) is 13.2. The fourth-order valence-corrected chi connectivity index (χ4v) is 6.15. The third-order valence-corrected chi connectivity index (χ3v) is 11.1. The summed E-state index contributed by atoms with van der Waals surface area (Å²) in [4.78, 5) is 24.7. The van der Waals surface area contributed by atoms with Crippen molar-refractivity contribution in [3.63, 3.8) is 0 Å². The Morgan fingerprint density at radius 2 is 1.52 bits per heavy atom. The second-order valence-electron chi connectivity index (χ2n) is 4.81. The minimum Gasteiger partial charge on any atom is -0.465 e. The molecule has 152 valence electrons. The van der Waals surface area contributed by atoms with Crippen molar-refractivity contribution >= 4 is 112 Å². The topological polar surface area (TPSA) is 110 Å². The largest absolute Gasteiger partial charge is 0.465 e. The molecule has 1 rings (SSSR count). The molecule has 1 aromatic rings. The van der Waals surface area contributed by atoms with Gasteiger partial charge in [-0.05, 0) is 90.4 Å². The first kappa shape index (κ1) is 25.8. The summed E-state index contributed by atoms with van der Waals surface area (Å²) in [6.07, 6.45) is -5.15. The van der Waals surface area contributed by atoms with Crippen LogP contribution >= 0.6 is 90.4 Å². The zero-order chi connectivity index (χ0) is 21.3. The van der Waals surface area contributed by atoms with Gasteiger partial charge in [0.2, 0.25) is 0 Å². The van der Waals surface area contributed by atoms with Crippen LogP contribution in [0.4, 0.5) is 13.2 Å². The maximum Gasteiger partial charge on any atom is 0.409 e. The number of halogens is 7. The molecule has 0 aliphatic heterocycles. The first-order valence-electron chi connectivity index (χ1n) is 6.38. The summed E-state index contributed by atoms with van der Waals surface area (Å²) in [6, 6.07) is -2.86. The predicted molar refractivity (Wildman–Crippen MR) is 122 cm³/mol. The Kier molecular flexibility index (Phi) is 9.30. The Morgan fingerprint density at radius 3 is 1.89 bits per heavy atom. The second-order valence-corrected chi connectivity index (χ2v) is 10.6. The van der Waals surface area contributed by atoms with Gasteiger partial charge in [-0.25, -0.2) is 4.79 Å². The maximum atomic E-state index is 13.1. The van der Waals surface area contributed by atoms with Crippen LogP contribution in [0, 0.1) is 14.3 Å². The molecule has 0 aliphatic carbocycles. The van der Waals surface area contributed by atoms with Gasteiger partial charge >= 0.3 is 12.1 Å². The Bertz CT molecular complexity index is 890. The Hall–Kier alpha value is 0.780. The molecule has 0 bridgehead atoms. The van der Waals surface area contributed by atoms with Gasteiger partial charge in [-0.1, -0.05) is 0 Å². The summed E-state index contributed by atoms with van der Waals surface area (Å²) in [5, 5.41) is 1.54. The van der Waals surface area contributed by atoms with Gasteiger partial charge in [0.25, 0.3) is 16.0 Å². The number of benzene rings is 1. The molecule has 1 atom stereocenters. The number of nitrogens with one attached hydrogen (secondary N) is 1. The molecule has 1 unspecified atom stereocenters. The van der Waals surface area contributed by atoms with Crippen LogP contribution in [0.3, 0.4) is 0 Å². The van der Waals surface area contributed by atoms with Crippen molar-refractivity contribution in [1.82, 2.24) is 5.32 Å². The SMILES string of the molecule is COC(=O)c1c(I)c(I)c(I)c(I)c1C(=O)NC(CS(=O)(=O)O)C(F)(F)F. The van der Waals surface area contributed by atoms with Crippen molar-refractivity contribution in [2.45, 2.75) is 12.2 Å². The number of carbonyl (C=O) groups is 2. The summed E-state index contributed by atoms with van der Waals surface area (Å²) in [5.41, 5.74) is -0.612. The van der Waals surface area contributed by atoms with Crippen molar-refractivity contribution in [2.24, 2.45) is 0 Å². The fourth-order valence-electron chi connectivity index (χ4n) is 1.80. The molecule has 1 aromatic carbocycles. The molecular formula is C12H8F3I4NO6S. The van der Waals surface area contributed by atoms with Crippen molar-refractivity contribution < 1.29 is 40.5 Å². The van der Waals surface area contributed by atoms with Gasteiger partial charge < -0.3 is 10.1 Å². The molecule has 0 spiro atoms. The van der Waals surface area contributed by atoms with E-state index in [1.54, 1.807) is 45.2 Å². The van der Waals surface area contributed by atoms with E-state index in [-0.39, 0.29) is 14.7 Å². The number of ether oxygens (including phenoxy) is 1. The van der Waals surface area contributed by atoms with Crippen molar-refractivity contribution in [3.05, 3.63) is 25.4 Å². The first-order valence-corrected chi connectivity index (χ1v) is 12.3. The standard InChI is InChI=1S/C12H8F3I4NO6S/c1-26-11(22)5-4(6(16)8(18)9(19)7(5)17)10(21)20-3(12(13,14)15)2-27(23,24)25/h3H,2H2,1H3,(H,20,21)(H,23,24,25). The van der Waals surface area contributed by atoms with Gasteiger partial charge in [0.1, 0.15) is 11.8 Å². The highest BCUT2D eigenvalue weighted by Crippen LogP contribution is 2.34. The number of hydrogen-bond donors (Lipinski definition) is 2. The number of hydrogen-bond acceptors (Lipinski definition) is 5. The van der Waals surface area contributed by atoms with Gasteiger partial charge in [-0.3, -0.25) is 9.35 Å². The lowest BCUT2D eigenvalue weighted by Gasteiger charge is -2.22. The van der Waals surface area contributed by atoms with Gasteiger partial charge in [-0.2, -0.15) is 21.6 Å². The van der Waals surface area contributed by atoms with Crippen LogP contribution < -0.4 is 5.32 Å². The maximum absolute atomic E-state index is 13.1. The van der Waals surface area contributed by atoms with E-state index in [1.807, 2.05) is 45.2 Å². The second kappa shape index (κ2) is 9.73. The number of rotatable bonds is 5. The molecule has 1 amide bonds. The molecule has 0 fully saturated rings. The summed E-state index contributed by atoms with van der Waals surface area (Å²) in [7, 11) is -3.98. The zero-order valence-corrected chi connectivity index (χ0v) is 22.3. The highest BCUT2D eigenvalue weighted by Gasteiger charge is 2.44. The molecular weight excluding hydrogens is 851 g/mol. The Balaban J connectivity index is 3.55. The highest BCUT2D eigenvalue weighted by atomic mass is 127. The van der Waals surface area contributed by atoms with E-state index >= 15 is 0 Å². The van der Waals surface area contributed by atoms with Crippen molar-refractivity contribution in [3.8, 4) is 0 Å². The van der Waals surface area contributed by atoms with E-state index in [1.165, 1.54) is 5.32 Å². The molecule has 27 heavy (non-hydrogen) atoms. The first-order chi connectivity index (χ1) is 12.1. The van der Waals surface area contributed by atoms with Crippen molar-refractivity contribution in [2.75, 3.05) is 12.9 Å². The van der Waals surface area contributed by atoms with Crippen LogP contribution in [0.25, 0.3) is 0 Å². The summed E-state index contributed by atoms with van der Waals surface area (Å²) < 4.78 is 76.0. The van der Waals surface area contributed by atoms with Gasteiger partial charge in [0.15, 0.2) is 0 Å². The Labute approximate surface area is 206 Å². The number of alkyl halides is 3. The lowest BCUT2D eigenvalue weighted by atomic mass is 10.1. The summed E-state index contributed by atoms with van der Waals surface area (Å²) in [5.74, 6) is -4.02. The monoisotopic (exact) mass is 859 g/mol. The lowest BCUT2D eigenvalue weighted by molar-refractivity contribution is -0.148. The highest BCUT2D eigenvalue weighted by molar-refractivity contribution is 14.1. The van der Waals surface area contributed by atoms with E-state index in [0.717, 1.165) is 7.11 Å².